The van der Waals surface area contributed by atoms with Crippen molar-refractivity contribution >= 4 is 29.2 Å². The molecule has 0 saturated carbocycles. The minimum atomic E-state index is -0.871. The zero-order valence-corrected chi connectivity index (χ0v) is 8.49. The fraction of sp³-hybridized carbons (Fsp3) is 0.875. The van der Waals surface area contributed by atoms with Crippen LogP contribution in [0.3, 0.4) is 0 Å². The summed E-state index contributed by atoms with van der Waals surface area (Å²) in [4.78, 5) is 10.5. The Morgan fingerprint density at radius 2 is 2.25 bits per heavy atom. The largest absolute Gasteiger partial charge is 0.458 e. The van der Waals surface area contributed by atoms with Crippen LogP contribution < -0.4 is 0 Å². The molecule has 12 heavy (non-hydrogen) atoms. The molecule has 2 nitrogen and oxygen atoms in total. The molecule has 0 aromatic rings. The van der Waals surface area contributed by atoms with Gasteiger partial charge in [-0.15, -0.1) is 0 Å². The number of halogens is 2. The molecule has 0 aromatic carbocycles. The minimum Gasteiger partial charge on any atom is -0.458 e. The van der Waals surface area contributed by atoms with Crippen LogP contribution >= 0.6 is 23.2 Å². The van der Waals surface area contributed by atoms with Crippen molar-refractivity contribution in [2.45, 2.75) is 43.0 Å². The predicted octanol–water partition coefficient (Wildman–Crippen LogP) is 2.67. The summed E-state index contributed by atoms with van der Waals surface area (Å²) in [7, 11) is 0. The van der Waals surface area contributed by atoms with E-state index in [1.54, 1.807) is 0 Å². The van der Waals surface area contributed by atoms with Gasteiger partial charge in [0, 0.05) is 0 Å². The van der Waals surface area contributed by atoms with Gasteiger partial charge < -0.3 is 4.74 Å². The molecule has 0 spiro atoms. The maximum atomic E-state index is 10.5. The van der Waals surface area contributed by atoms with Crippen molar-refractivity contribution in [2.75, 3.05) is 0 Å². The molecule has 4 heteroatoms. The van der Waals surface area contributed by atoms with Crippen LogP contribution in [0.15, 0.2) is 0 Å². The molecule has 1 aliphatic rings. The number of hydrogen-bond acceptors (Lipinski definition) is 2. The second-order valence-electron chi connectivity index (χ2n) is 3.05. The van der Waals surface area contributed by atoms with Gasteiger partial charge >= 0.3 is 5.97 Å². The average Bonchev–Trinajstić information content (AvgIpc) is 1.95. The summed E-state index contributed by atoms with van der Waals surface area (Å²) in [5, 5.41) is 0. The molecule has 1 rings (SSSR count). The van der Waals surface area contributed by atoms with Crippen molar-refractivity contribution in [1.82, 2.24) is 0 Å². The number of hydrogen-bond donors (Lipinski definition) is 0. The molecule has 70 valence electrons. The molecule has 1 atom stereocenters. The molecule has 1 fully saturated rings. The Hall–Kier alpha value is 0.0500. The van der Waals surface area contributed by atoms with Crippen molar-refractivity contribution in [3.05, 3.63) is 0 Å². The number of alkyl halides is 2. The van der Waals surface area contributed by atoms with E-state index in [1.165, 1.54) is 0 Å². The van der Waals surface area contributed by atoms with E-state index in [2.05, 4.69) is 6.92 Å². The van der Waals surface area contributed by atoms with E-state index < -0.39 is 4.33 Å². The summed E-state index contributed by atoms with van der Waals surface area (Å²) in [5.41, 5.74) is 0. The average molecular weight is 211 g/mol. The van der Waals surface area contributed by atoms with Gasteiger partial charge in [-0.1, -0.05) is 43.0 Å². The van der Waals surface area contributed by atoms with E-state index in [0.29, 0.717) is 12.8 Å². The van der Waals surface area contributed by atoms with Crippen LogP contribution in [0, 0.1) is 0 Å². The summed E-state index contributed by atoms with van der Waals surface area (Å²) in [6.45, 7) is 2.07. The first-order valence-corrected chi connectivity index (χ1v) is 4.89. The Morgan fingerprint density at radius 3 is 2.67 bits per heavy atom. The molecular formula is C8H12Cl2O2. The first-order chi connectivity index (χ1) is 5.56. The Balaban J connectivity index is 2.32. The number of cyclic esters (lactones) is 1. The lowest BCUT2D eigenvalue weighted by Crippen LogP contribution is -2.45. The van der Waals surface area contributed by atoms with Crippen molar-refractivity contribution in [3.8, 4) is 0 Å². The number of carbonyl (C=O) groups excluding carboxylic acids is 1. The van der Waals surface area contributed by atoms with Crippen LogP contribution in [0.5, 0.6) is 0 Å². The number of unbranched alkanes of at least 4 members (excludes halogenated alkanes) is 1. The van der Waals surface area contributed by atoms with Gasteiger partial charge in [0.2, 0.25) is 0 Å². The Morgan fingerprint density at radius 1 is 1.67 bits per heavy atom. The van der Waals surface area contributed by atoms with Crippen LogP contribution in [0.4, 0.5) is 0 Å². The highest BCUT2D eigenvalue weighted by Crippen LogP contribution is 2.38. The Labute approximate surface area is 82.2 Å². The van der Waals surface area contributed by atoms with Gasteiger partial charge in [0.25, 0.3) is 0 Å². The molecule has 0 N–H and O–H groups in total. The van der Waals surface area contributed by atoms with Crippen LogP contribution in [0.1, 0.15) is 32.6 Å². The predicted molar refractivity (Wildman–Crippen MR) is 48.5 cm³/mol. The molecule has 0 aromatic heterocycles. The van der Waals surface area contributed by atoms with Gasteiger partial charge in [0.05, 0.1) is 6.42 Å². The Kier molecular flexibility index (Phi) is 3.24. The van der Waals surface area contributed by atoms with Gasteiger partial charge in [-0.3, -0.25) is 4.79 Å². The number of rotatable bonds is 4. The summed E-state index contributed by atoms with van der Waals surface area (Å²) in [6.07, 6.45) is 2.75. The number of ether oxygens (including phenoxy) is 1. The van der Waals surface area contributed by atoms with Crippen molar-refractivity contribution in [2.24, 2.45) is 0 Å². The third-order valence-electron chi connectivity index (χ3n) is 1.96. The standard InChI is InChI=1S/C8H12Cl2O2/c1-2-3-4-8(9,10)6-5-7(11)12-6/h6H,2-5H2,1H3/t6-/m1/s1. The summed E-state index contributed by atoms with van der Waals surface area (Å²) < 4.78 is 3.93. The fourth-order valence-electron chi connectivity index (χ4n) is 1.11. The summed E-state index contributed by atoms with van der Waals surface area (Å²) in [5.74, 6) is -0.206. The van der Waals surface area contributed by atoms with Crippen LogP contribution in [-0.4, -0.2) is 16.4 Å². The lowest BCUT2D eigenvalue weighted by Gasteiger charge is -2.35. The third-order valence-corrected chi connectivity index (χ3v) is 2.83. The molecule has 0 bridgehead atoms. The van der Waals surface area contributed by atoms with E-state index in [4.69, 9.17) is 27.9 Å². The first-order valence-electron chi connectivity index (χ1n) is 4.13. The Bertz CT molecular complexity index is 172. The van der Waals surface area contributed by atoms with E-state index >= 15 is 0 Å². The summed E-state index contributed by atoms with van der Waals surface area (Å²) >= 11 is 11.9. The molecule has 0 amide bonds. The number of carbonyl (C=O) groups is 1. The highest BCUT2D eigenvalue weighted by Gasteiger charge is 2.44. The third kappa shape index (κ3) is 2.27. The van der Waals surface area contributed by atoms with Gasteiger partial charge in [0.15, 0.2) is 4.33 Å². The van der Waals surface area contributed by atoms with Crippen molar-refractivity contribution in [1.29, 1.82) is 0 Å². The molecule has 1 saturated heterocycles. The van der Waals surface area contributed by atoms with Gasteiger partial charge in [0.1, 0.15) is 6.10 Å². The van der Waals surface area contributed by atoms with Gasteiger partial charge in [-0.25, -0.2) is 0 Å². The smallest absolute Gasteiger partial charge is 0.310 e. The lowest BCUT2D eigenvalue weighted by molar-refractivity contribution is -0.170. The van der Waals surface area contributed by atoms with Crippen molar-refractivity contribution in [3.63, 3.8) is 0 Å². The monoisotopic (exact) mass is 210 g/mol. The first kappa shape index (κ1) is 10.1. The topological polar surface area (TPSA) is 26.3 Å². The molecule has 0 aliphatic carbocycles. The maximum absolute atomic E-state index is 10.5. The molecule has 1 heterocycles. The number of esters is 1. The fourth-order valence-corrected chi connectivity index (χ4v) is 1.62. The molecule has 1 aliphatic heterocycles. The summed E-state index contributed by atoms with van der Waals surface area (Å²) in [6, 6.07) is 0. The van der Waals surface area contributed by atoms with Crippen LogP contribution in [0.25, 0.3) is 0 Å². The molecular weight excluding hydrogens is 199 g/mol. The second-order valence-corrected chi connectivity index (χ2v) is 4.59. The van der Waals surface area contributed by atoms with Crippen LogP contribution in [-0.2, 0) is 9.53 Å². The van der Waals surface area contributed by atoms with Gasteiger partial charge in [-0.2, -0.15) is 0 Å². The minimum absolute atomic E-state index is 0.206. The zero-order valence-electron chi connectivity index (χ0n) is 6.98. The maximum Gasteiger partial charge on any atom is 0.310 e. The molecule has 0 radical (unpaired) electrons. The SMILES string of the molecule is CCCCC(Cl)(Cl)[C@H]1CC(=O)O1. The van der Waals surface area contributed by atoms with E-state index in [9.17, 15) is 4.79 Å². The van der Waals surface area contributed by atoms with E-state index in [-0.39, 0.29) is 12.1 Å². The van der Waals surface area contributed by atoms with E-state index in [0.717, 1.165) is 12.8 Å². The second kappa shape index (κ2) is 3.84. The molecule has 0 unspecified atom stereocenters. The van der Waals surface area contributed by atoms with Crippen molar-refractivity contribution < 1.29 is 9.53 Å². The van der Waals surface area contributed by atoms with Gasteiger partial charge in [-0.05, 0) is 6.42 Å². The lowest BCUT2D eigenvalue weighted by atomic mass is 10.0. The van der Waals surface area contributed by atoms with E-state index in [1.807, 2.05) is 0 Å². The normalized spacial score (nSPS) is 23.2. The highest BCUT2D eigenvalue weighted by atomic mass is 35.5. The quantitative estimate of drug-likeness (QED) is 0.527. The highest BCUT2D eigenvalue weighted by molar-refractivity contribution is 6.49. The van der Waals surface area contributed by atoms with Crippen LogP contribution in [0.2, 0.25) is 0 Å². The zero-order chi connectivity index (χ0) is 9.19.